The minimum Gasteiger partial charge on any atom is -0.396 e. The van der Waals surface area contributed by atoms with Gasteiger partial charge in [-0.25, -0.2) is 0 Å². The van der Waals surface area contributed by atoms with E-state index in [1.54, 1.807) is 0 Å². The van der Waals surface area contributed by atoms with Crippen molar-refractivity contribution in [2.45, 2.75) is 71.8 Å². The number of aliphatic hydroxyl groups excluding tert-OH is 2. The van der Waals surface area contributed by atoms with E-state index in [4.69, 9.17) is 0 Å². The maximum Gasteiger partial charge on any atom is 0.133 e. The molecule has 0 aromatic carbocycles. The van der Waals surface area contributed by atoms with Crippen LogP contribution in [0.3, 0.4) is 0 Å². The van der Waals surface area contributed by atoms with Gasteiger partial charge in [0.15, 0.2) is 0 Å². The molecule has 4 rings (SSSR count). The number of carbonyl (C=O) groups excluding carboxylic acids is 1. The van der Waals surface area contributed by atoms with Crippen LogP contribution >= 0.6 is 0 Å². The summed E-state index contributed by atoms with van der Waals surface area (Å²) >= 11 is 0. The van der Waals surface area contributed by atoms with Gasteiger partial charge < -0.3 is 10.2 Å². The van der Waals surface area contributed by atoms with Gasteiger partial charge in [0.25, 0.3) is 0 Å². The van der Waals surface area contributed by atoms with Gasteiger partial charge in [-0.2, -0.15) is 0 Å². The third-order valence-electron chi connectivity index (χ3n) is 9.25. The quantitative estimate of drug-likeness (QED) is 0.772. The minimum absolute atomic E-state index is 0.0556. The monoisotopic (exact) mass is 334 g/mol. The van der Waals surface area contributed by atoms with Gasteiger partial charge >= 0.3 is 0 Å². The van der Waals surface area contributed by atoms with Gasteiger partial charge in [0, 0.05) is 24.9 Å². The lowest BCUT2D eigenvalue weighted by atomic mass is 9.41. The second kappa shape index (κ2) is 5.54. The summed E-state index contributed by atoms with van der Waals surface area (Å²) < 4.78 is 0. The van der Waals surface area contributed by atoms with Crippen molar-refractivity contribution in [3.05, 3.63) is 0 Å². The summed E-state index contributed by atoms with van der Waals surface area (Å²) in [6.07, 6.45) is 6.56. The van der Waals surface area contributed by atoms with E-state index in [0.29, 0.717) is 54.1 Å². The molecule has 136 valence electrons. The number of hydrogen-bond acceptors (Lipinski definition) is 3. The first kappa shape index (κ1) is 17.0. The number of rotatable bonds is 1. The lowest BCUT2D eigenvalue weighted by molar-refractivity contribution is -0.186. The standard InChI is InChI=1S/C21H34O3/c1-12-8-14-10-15(23)9-13(2)21(14,11-22)17-6-7-20(3)16(19(12)17)4-5-18(20)24/h12-14,16-19,22,24H,4-11H2,1-3H3/t12-,13+,14+,16+,17+,18+,19+,20+,21+/m1/s1. The zero-order chi connectivity index (χ0) is 17.3. The van der Waals surface area contributed by atoms with Gasteiger partial charge in [-0.05, 0) is 73.0 Å². The summed E-state index contributed by atoms with van der Waals surface area (Å²) in [6.45, 7) is 7.14. The van der Waals surface area contributed by atoms with Crippen molar-refractivity contribution < 1.29 is 15.0 Å². The van der Waals surface area contributed by atoms with Crippen LogP contribution in [0, 0.1) is 46.3 Å². The molecule has 0 aliphatic heterocycles. The lowest BCUT2D eigenvalue weighted by Gasteiger charge is -2.64. The number of hydrogen-bond donors (Lipinski definition) is 2. The van der Waals surface area contributed by atoms with E-state index in [2.05, 4.69) is 20.8 Å². The Morgan fingerprint density at radius 1 is 1.12 bits per heavy atom. The third-order valence-corrected chi connectivity index (χ3v) is 9.25. The topological polar surface area (TPSA) is 57.5 Å². The number of ketones is 1. The lowest BCUT2D eigenvalue weighted by Crippen LogP contribution is -2.61. The maximum atomic E-state index is 12.2. The van der Waals surface area contributed by atoms with Gasteiger partial charge in [-0.3, -0.25) is 4.79 Å². The highest BCUT2D eigenvalue weighted by Crippen LogP contribution is 2.68. The zero-order valence-corrected chi connectivity index (χ0v) is 15.5. The molecule has 4 fully saturated rings. The summed E-state index contributed by atoms with van der Waals surface area (Å²) in [5.41, 5.74) is 0.0204. The van der Waals surface area contributed by atoms with Crippen LogP contribution in [0.25, 0.3) is 0 Å². The minimum atomic E-state index is -0.149. The normalized spacial score (nSPS) is 57.2. The number of fused-ring (bicyclic) bond motifs is 5. The van der Waals surface area contributed by atoms with E-state index >= 15 is 0 Å². The van der Waals surface area contributed by atoms with E-state index < -0.39 is 0 Å². The van der Waals surface area contributed by atoms with Crippen LogP contribution in [-0.4, -0.2) is 28.7 Å². The summed E-state index contributed by atoms with van der Waals surface area (Å²) in [5.74, 6) is 3.40. The van der Waals surface area contributed by atoms with Crippen molar-refractivity contribution >= 4 is 5.78 Å². The summed E-state index contributed by atoms with van der Waals surface area (Å²) in [5, 5.41) is 21.2. The smallest absolute Gasteiger partial charge is 0.133 e. The van der Waals surface area contributed by atoms with E-state index in [-0.39, 0.29) is 23.5 Å². The summed E-state index contributed by atoms with van der Waals surface area (Å²) in [4.78, 5) is 12.2. The SMILES string of the molecule is C[C@@H]1C[C@H]2CC(=O)C[C@H](C)[C@]2(CO)[C@H]2CC[C@]3(C)[C@@H](O)CC[C@H]3[C@H]12. The van der Waals surface area contributed by atoms with Crippen LogP contribution in [0.15, 0.2) is 0 Å². The number of aliphatic hydroxyl groups is 2. The fraction of sp³-hybridized carbons (Fsp3) is 0.952. The Hall–Kier alpha value is -0.410. The average Bonchev–Trinajstić information content (AvgIpc) is 2.82. The maximum absolute atomic E-state index is 12.2. The molecule has 9 atom stereocenters. The van der Waals surface area contributed by atoms with Crippen LogP contribution in [0.5, 0.6) is 0 Å². The summed E-state index contributed by atoms with van der Waals surface area (Å²) in [6, 6.07) is 0. The Bertz CT molecular complexity index is 531. The predicted octanol–water partition coefficient (Wildman–Crippen LogP) is 3.42. The molecule has 2 N–H and O–H groups in total. The molecule has 0 aromatic heterocycles. The first-order valence-electron chi connectivity index (χ1n) is 10.1. The molecule has 4 aliphatic rings. The molecule has 0 radical (unpaired) electrons. The van der Waals surface area contributed by atoms with Gasteiger partial charge in [0.1, 0.15) is 5.78 Å². The number of Topliss-reactive ketones (excluding diaryl/α,β-unsaturated/α-hetero) is 1. The summed E-state index contributed by atoms with van der Waals surface area (Å²) in [7, 11) is 0. The van der Waals surface area contributed by atoms with E-state index in [9.17, 15) is 15.0 Å². The molecule has 0 saturated heterocycles. The molecule has 0 aromatic rings. The van der Waals surface area contributed by atoms with Crippen molar-refractivity contribution in [1.82, 2.24) is 0 Å². The molecule has 0 bridgehead atoms. The second-order valence-corrected chi connectivity index (χ2v) is 9.96. The highest BCUT2D eigenvalue weighted by Gasteiger charge is 2.64. The van der Waals surface area contributed by atoms with Crippen LogP contribution in [0.4, 0.5) is 0 Å². The van der Waals surface area contributed by atoms with Crippen molar-refractivity contribution in [3.63, 3.8) is 0 Å². The Kier molecular flexibility index (Phi) is 3.93. The molecule has 4 aliphatic carbocycles. The van der Waals surface area contributed by atoms with Gasteiger partial charge in [0.05, 0.1) is 6.10 Å². The Morgan fingerprint density at radius 2 is 1.88 bits per heavy atom. The van der Waals surface area contributed by atoms with Crippen LogP contribution in [0.2, 0.25) is 0 Å². The second-order valence-electron chi connectivity index (χ2n) is 9.96. The Balaban J connectivity index is 1.75. The molecule has 3 nitrogen and oxygen atoms in total. The fourth-order valence-electron chi connectivity index (χ4n) is 8.05. The highest BCUT2D eigenvalue weighted by atomic mass is 16.3. The van der Waals surface area contributed by atoms with Gasteiger partial charge in [0.2, 0.25) is 0 Å². The average molecular weight is 335 g/mol. The Labute approximate surface area is 146 Å². The molecule has 3 heteroatoms. The van der Waals surface area contributed by atoms with Gasteiger partial charge in [-0.1, -0.05) is 20.8 Å². The van der Waals surface area contributed by atoms with Crippen molar-refractivity contribution in [2.75, 3.05) is 6.61 Å². The van der Waals surface area contributed by atoms with Crippen LogP contribution in [-0.2, 0) is 4.79 Å². The van der Waals surface area contributed by atoms with Crippen molar-refractivity contribution in [3.8, 4) is 0 Å². The van der Waals surface area contributed by atoms with Gasteiger partial charge in [-0.15, -0.1) is 0 Å². The van der Waals surface area contributed by atoms with Crippen LogP contribution in [0.1, 0.15) is 65.7 Å². The molecular formula is C21H34O3. The van der Waals surface area contributed by atoms with E-state index in [1.807, 2.05) is 0 Å². The Morgan fingerprint density at radius 3 is 2.58 bits per heavy atom. The van der Waals surface area contributed by atoms with E-state index in [1.165, 1.54) is 0 Å². The molecule has 0 spiro atoms. The molecule has 0 unspecified atom stereocenters. The third kappa shape index (κ3) is 2.00. The highest BCUT2D eigenvalue weighted by molar-refractivity contribution is 5.80. The van der Waals surface area contributed by atoms with E-state index in [0.717, 1.165) is 32.1 Å². The van der Waals surface area contributed by atoms with Crippen molar-refractivity contribution in [1.29, 1.82) is 0 Å². The number of carbonyl (C=O) groups is 1. The first-order chi connectivity index (χ1) is 11.3. The zero-order valence-electron chi connectivity index (χ0n) is 15.5. The fourth-order valence-corrected chi connectivity index (χ4v) is 8.05. The molecular weight excluding hydrogens is 300 g/mol. The predicted molar refractivity (Wildman–Crippen MR) is 93.2 cm³/mol. The molecule has 0 amide bonds. The molecule has 4 saturated carbocycles. The largest absolute Gasteiger partial charge is 0.396 e. The van der Waals surface area contributed by atoms with Crippen LogP contribution < -0.4 is 0 Å². The molecule has 24 heavy (non-hydrogen) atoms. The van der Waals surface area contributed by atoms with Crippen molar-refractivity contribution in [2.24, 2.45) is 46.3 Å². The molecule has 0 heterocycles. The first-order valence-corrected chi connectivity index (χ1v) is 10.1.